The van der Waals surface area contributed by atoms with Crippen LogP contribution in [0.5, 0.6) is 0 Å². The van der Waals surface area contributed by atoms with Gasteiger partial charge in [0.1, 0.15) is 5.82 Å². The van der Waals surface area contributed by atoms with Crippen LogP contribution in [0.3, 0.4) is 0 Å². The van der Waals surface area contributed by atoms with Crippen molar-refractivity contribution in [3.8, 4) is 0 Å². The van der Waals surface area contributed by atoms with Crippen molar-refractivity contribution in [2.45, 2.75) is 25.6 Å². The van der Waals surface area contributed by atoms with Crippen molar-refractivity contribution in [2.24, 2.45) is 0 Å². The van der Waals surface area contributed by atoms with Gasteiger partial charge >= 0.3 is 12.1 Å². The van der Waals surface area contributed by atoms with E-state index in [4.69, 9.17) is 11.6 Å². The number of amides is 1. The molecule has 134 valence electrons. The van der Waals surface area contributed by atoms with Gasteiger partial charge in [-0.25, -0.2) is 4.98 Å². The number of hydrogen-bond donors (Lipinski definition) is 0. The van der Waals surface area contributed by atoms with E-state index < -0.39 is 23.9 Å². The molecule has 25 heavy (non-hydrogen) atoms. The third-order valence-corrected chi connectivity index (χ3v) is 3.27. The number of aryl methyl sites for hydroxylation is 1. The summed E-state index contributed by atoms with van der Waals surface area (Å²) in [5, 5.41) is 0.435. The summed E-state index contributed by atoms with van der Waals surface area (Å²) in [5.41, 5.74) is 0.540. The summed E-state index contributed by atoms with van der Waals surface area (Å²) in [6.07, 6.45) is -5.65. The van der Waals surface area contributed by atoms with Gasteiger partial charge in [0, 0.05) is 5.02 Å². The summed E-state index contributed by atoms with van der Waals surface area (Å²) < 4.78 is 64.4. The van der Waals surface area contributed by atoms with Gasteiger partial charge in [-0.2, -0.15) is 31.9 Å². The Kier molecular flexibility index (Phi) is 5.21. The number of benzene rings is 1. The van der Waals surface area contributed by atoms with E-state index in [9.17, 15) is 26.7 Å². The van der Waals surface area contributed by atoms with Crippen LogP contribution >= 0.6 is 11.6 Å². The highest BCUT2D eigenvalue weighted by Gasteiger charge is 2.61. The molecule has 0 saturated heterocycles. The van der Waals surface area contributed by atoms with Gasteiger partial charge < -0.3 is 0 Å². The lowest BCUT2D eigenvalue weighted by Gasteiger charge is -2.21. The lowest BCUT2D eigenvalue weighted by Crippen LogP contribution is -2.36. The van der Waals surface area contributed by atoms with Gasteiger partial charge in [-0.1, -0.05) is 23.7 Å². The van der Waals surface area contributed by atoms with Crippen molar-refractivity contribution < 1.29 is 26.7 Å². The number of anilines is 1. The Hall–Kier alpha value is -2.36. The maximum absolute atomic E-state index is 13.5. The number of halogens is 6. The molecule has 0 radical (unpaired) electrons. The second-order valence-electron chi connectivity index (χ2n) is 4.94. The first kappa shape index (κ1) is 19.0. The molecular weight excluding hydrogens is 371 g/mol. The molecule has 11 heteroatoms. The zero-order valence-corrected chi connectivity index (χ0v) is 13.3. The SMILES string of the molecule is Cc1nc(N(C=O)Cc2ccc(Cl)cc2)nc(C(F)(F)C(F)(F)F)n1. The van der Waals surface area contributed by atoms with Crippen molar-refractivity contribution >= 4 is 24.0 Å². The summed E-state index contributed by atoms with van der Waals surface area (Å²) >= 11 is 5.73. The van der Waals surface area contributed by atoms with E-state index >= 15 is 0 Å². The van der Waals surface area contributed by atoms with E-state index in [1.165, 1.54) is 12.1 Å². The third-order valence-electron chi connectivity index (χ3n) is 3.02. The van der Waals surface area contributed by atoms with E-state index in [-0.39, 0.29) is 18.8 Å². The number of carbonyl (C=O) groups excluding carboxylic acids is 1. The molecule has 5 nitrogen and oxygen atoms in total. The monoisotopic (exact) mass is 380 g/mol. The second kappa shape index (κ2) is 6.87. The predicted octanol–water partition coefficient (Wildman–Crippen LogP) is 3.65. The number of aromatic nitrogens is 3. The fourth-order valence-corrected chi connectivity index (χ4v) is 1.93. The average molecular weight is 381 g/mol. The normalized spacial score (nSPS) is 12.1. The van der Waals surface area contributed by atoms with Gasteiger partial charge in [-0.15, -0.1) is 0 Å². The highest BCUT2D eigenvalue weighted by Crippen LogP contribution is 2.42. The number of alkyl halides is 5. The van der Waals surface area contributed by atoms with E-state index in [2.05, 4.69) is 15.0 Å². The van der Waals surface area contributed by atoms with Crippen molar-refractivity contribution in [1.29, 1.82) is 0 Å². The fourth-order valence-electron chi connectivity index (χ4n) is 1.80. The third kappa shape index (κ3) is 4.19. The van der Waals surface area contributed by atoms with E-state index in [1.807, 2.05) is 0 Å². The molecule has 0 saturated carbocycles. The zero-order chi connectivity index (χ0) is 18.8. The predicted molar refractivity (Wildman–Crippen MR) is 78.2 cm³/mol. The first-order valence-corrected chi connectivity index (χ1v) is 7.06. The summed E-state index contributed by atoms with van der Waals surface area (Å²) in [6, 6.07) is 6.17. The molecule has 0 bridgehead atoms. The molecule has 0 N–H and O–H groups in total. The van der Waals surface area contributed by atoms with Crippen LogP contribution in [0.1, 0.15) is 17.2 Å². The van der Waals surface area contributed by atoms with E-state index in [0.29, 0.717) is 10.6 Å². The maximum Gasteiger partial charge on any atom is 0.461 e. The molecule has 2 rings (SSSR count). The minimum Gasteiger partial charge on any atom is -0.279 e. The molecular formula is C14H10ClF5N4O. The largest absolute Gasteiger partial charge is 0.461 e. The standard InChI is InChI=1S/C14H10ClF5N4O/c1-8-21-11(13(16,17)14(18,19)20)23-12(22-8)24(7-25)6-9-2-4-10(15)5-3-9/h2-5,7H,6H2,1H3. The van der Waals surface area contributed by atoms with Crippen molar-refractivity contribution in [3.05, 3.63) is 46.5 Å². The van der Waals surface area contributed by atoms with Crippen LogP contribution in [0.4, 0.5) is 27.9 Å². The smallest absolute Gasteiger partial charge is 0.279 e. The quantitative estimate of drug-likeness (QED) is 0.587. The Morgan fingerprint density at radius 2 is 1.68 bits per heavy atom. The van der Waals surface area contributed by atoms with E-state index in [0.717, 1.165) is 11.8 Å². The van der Waals surface area contributed by atoms with Crippen LogP contribution < -0.4 is 4.90 Å². The Labute approximate surface area is 143 Å². The van der Waals surface area contributed by atoms with Crippen molar-refractivity contribution in [2.75, 3.05) is 4.90 Å². The second-order valence-corrected chi connectivity index (χ2v) is 5.37. The first-order chi connectivity index (χ1) is 11.5. The summed E-state index contributed by atoms with van der Waals surface area (Å²) in [6.45, 7) is 0.966. The molecule has 1 heterocycles. The van der Waals surface area contributed by atoms with Gasteiger partial charge in [0.25, 0.3) is 0 Å². The minimum atomic E-state index is -5.87. The number of nitrogens with zero attached hydrogens (tertiary/aromatic N) is 4. The molecule has 0 fully saturated rings. The van der Waals surface area contributed by atoms with Crippen LogP contribution in [0.15, 0.2) is 24.3 Å². The van der Waals surface area contributed by atoms with Crippen LogP contribution in [0.25, 0.3) is 0 Å². The van der Waals surface area contributed by atoms with Crippen molar-refractivity contribution in [3.63, 3.8) is 0 Å². The summed E-state index contributed by atoms with van der Waals surface area (Å²) in [7, 11) is 0. The molecule has 0 aliphatic carbocycles. The molecule has 0 aliphatic rings. The van der Waals surface area contributed by atoms with Crippen LogP contribution in [0, 0.1) is 6.92 Å². The number of hydrogen-bond acceptors (Lipinski definition) is 4. The Morgan fingerprint density at radius 3 is 2.20 bits per heavy atom. The highest BCUT2D eigenvalue weighted by molar-refractivity contribution is 6.30. The van der Waals surface area contributed by atoms with Gasteiger partial charge in [-0.05, 0) is 24.6 Å². The van der Waals surface area contributed by atoms with Crippen LogP contribution in [-0.2, 0) is 17.3 Å². The number of carbonyl (C=O) groups is 1. The Balaban J connectivity index is 2.40. The maximum atomic E-state index is 13.5. The molecule has 0 aliphatic heterocycles. The zero-order valence-electron chi connectivity index (χ0n) is 12.6. The highest BCUT2D eigenvalue weighted by atomic mass is 35.5. The molecule has 1 aromatic heterocycles. The van der Waals surface area contributed by atoms with Crippen molar-refractivity contribution in [1.82, 2.24) is 15.0 Å². The van der Waals surface area contributed by atoms with Crippen LogP contribution in [0.2, 0.25) is 5.02 Å². The first-order valence-electron chi connectivity index (χ1n) is 6.68. The molecule has 0 spiro atoms. The lowest BCUT2D eigenvalue weighted by molar-refractivity contribution is -0.292. The van der Waals surface area contributed by atoms with Gasteiger partial charge in [0.2, 0.25) is 18.2 Å². The van der Waals surface area contributed by atoms with Gasteiger partial charge in [0.05, 0.1) is 6.54 Å². The Morgan fingerprint density at radius 1 is 1.08 bits per heavy atom. The lowest BCUT2D eigenvalue weighted by atomic mass is 10.2. The van der Waals surface area contributed by atoms with Gasteiger partial charge in [-0.3, -0.25) is 9.69 Å². The molecule has 1 amide bonds. The minimum absolute atomic E-state index is 0.152. The molecule has 2 aromatic rings. The summed E-state index contributed by atoms with van der Waals surface area (Å²) in [5.74, 6) is -8.04. The molecule has 0 unspecified atom stereocenters. The fraction of sp³-hybridized carbons (Fsp3) is 0.286. The topological polar surface area (TPSA) is 59.0 Å². The number of rotatable bonds is 5. The Bertz CT molecular complexity index is 767. The van der Waals surface area contributed by atoms with Gasteiger partial charge in [0.15, 0.2) is 0 Å². The van der Waals surface area contributed by atoms with E-state index in [1.54, 1.807) is 12.1 Å². The van der Waals surface area contributed by atoms with Crippen LogP contribution in [-0.4, -0.2) is 27.5 Å². The molecule has 1 aromatic carbocycles. The summed E-state index contributed by atoms with van der Waals surface area (Å²) in [4.78, 5) is 21.9. The average Bonchev–Trinajstić information content (AvgIpc) is 2.52. The molecule has 0 atom stereocenters.